The Bertz CT molecular complexity index is 723. The number of H-pyrrole nitrogens is 1. The number of benzene rings is 1. The van der Waals surface area contributed by atoms with Gasteiger partial charge in [0.25, 0.3) is 0 Å². The van der Waals surface area contributed by atoms with Crippen molar-refractivity contribution >= 4 is 5.69 Å². The number of hydrogen-bond donors (Lipinski definition) is 2. The van der Waals surface area contributed by atoms with Crippen LogP contribution in [0.1, 0.15) is 0 Å². The first-order valence-corrected chi connectivity index (χ1v) is 6.04. The second-order valence-electron chi connectivity index (χ2n) is 4.21. The second kappa shape index (κ2) is 5.00. The Kier molecular flexibility index (Phi) is 3.04. The molecule has 3 rings (SSSR count). The van der Waals surface area contributed by atoms with Crippen molar-refractivity contribution in [2.45, 2.75) is 0 Å². The topological polar surface area (TPSA) is 89.7 Å². The fourth-order valence-corrected chi connectivity index (χ4v) is 1.92. The van der Waals surface area contributed by atoms with Crippen molar-refractivity contribution in [1.82, 2.24) is 20.2 Å². The number of anilines is 1. The maximum Gasteiger partial charge on any atom is 0.183 e. The van der Waals surface area contributed by atoms with E-state index >= 15 is 0 Å². The number of rotatable bonds is 3. The van der Waals surface area contributed by atoms with Crippen molar-refractivity contribution in [3.05, 3.63) is 42.7 Å². The fraction of sp³-hybridized carbons (Fsp3) is 0.0714. The van der Waals surface area contributed by atoms with E-state index in [4.69, 9.17) is 10.5 Å². The minimum absolute atomic E-state index is 0.581. The summed E-state index contributed by atoms with van der Waals surface area (Å²) in [5.74, 6) is 1.87. The highest BCUT2D eigenvalue weighted by atomic mass is 16.5. The van der Waals surface area contributed by atoms with Gasteiger partial charge in [-0.25, -0.2) is 4.98 Å². The Hall–Kier alpha value is -2.89. The van der Waals surface area contributed by atoms with Crippen molar-refractivity contribution in [3.63, 3.8) is 0 Å². The number of nitrogen functional groups attached to an aromatic ring is 1. The lowest BCUT2D eigenvalue weighted by Crippen LogP contribution is -1.92. The minimum atomic E-state index is 0.581. The molecule has 100 valence electrons. The molecule has 6 heteroatoms. The van der Waals surface area contributed by atoms with Gasteiger partial charge in [0, 0.05) is 23.6 Å². The fourth-order valence-electron chi connectivity index (χ4n) is 1.92. The lowest BCUT2D eigenvalue weighted by molar-refractivity contribution is 0.416. The van der Waals surface area contributed by atoms with Gasteiger partial charge in [0.2, 0.25) is 0 Å². The van der Waals surface area contributed by atoms with Crippen LogP contribution < -0.4 is 10.5 Å². The number of nitrogens with zero attached hydrogens (tertiary/aromatic N) is 3. The summed E-state index contributed by atoms with van der Waals surface area (Å²) >= 11 is 0. The number of aromatic nitrogens is 4. The number of nitrogens with one attached hydrogen (secondary N) is 1. The van der Waals surface area contributed by atoms with Gasteiger partial charge in [-0.15, -0.1) is 0 Å². The van der Waals surface area contributed by atoms with E-state index in [1.54, 1.807) is 37.7 Å². The molecule has 0 aliphatic heterocycles. The van der Waals surface area contributed by atoms with Crippen LogP contribution in [0.25, 0.3) is 22.8 Å². The van der Waals surface area contributed by atoms with Crippen LogP contribution in [0.4, 0.5) is 5.69 Å². The van der Waals surface area contributed by atoms with Gasteiger partial charge < -0.3 is 10.5 Å². The molecular formula is C14H13N5O. The van der Waals surface area contributed by atoms with E-state index in [1.807, 2.05) is 12.1 Å². The Morgan fingerprint density at radius 1 is 1.25 bits per heavy atom. The summed E-state index contributed by atoms with van der Waals surface area (Å²) in [6, 6.07) is 9.12. The standard InChI is InChI=1S/C14H13N5O/c1-20-12-5-4-10(15)7-11(12)14-17-13(18-19-14)9-3-2-6-16-8-9/h2-8H,15H2,1H3,(H,17,18,19). The normalized spacial score (nSPS) is 10.4. The quantitative estimate of drug-likeness (QED) is 0.709. The van der Waals surface area contributed by atoms with Crippen molar-refractivity contribution < 1.29 is 4.74 Å². The predicted molar refractivity (Wildman–Crippen MR) is 76.0 cm³/mol. The Balaban J connectivity index is 2.04. The van der Waals surface area contributed by atoms with E-state index in [9.17, 15) is 0 Å². The van der Waals surface area contributed by atoms with Crippen LogP contribution in [-0.4, -0.2) is 27.3 Å². The van der Waals surface area contributed by atoms with E-state index in [-0.39, 0.29) is 0 Å². The summed E-state index contributed by atoms with van der Waals surface area (Å²) in [5.41, 5.74) is 8.07. The molecular weight excluding hydrogens is 254 g/mol. The zero-order valence-corrected chi connectivity index (χ0v) is 10.9. The molecule has 0 fully saturated rings. The van der Waals surface area contributed by atoms with Gasteiger partial charge in [-0.1, -0.05) is 0 Å². The van der Waals surface area contributed by atoms with Gasteiger partial charge in [0.1, 0.15) is 5.75 Å². The average molecular weight is 267 g/mol. The first-order chi connectivity index (χ1) is 9.78. The number of methoxy groups -OCH3 is 1. The van der Waals surface area contributed by atoms with Crippen molar-refractivity contribution in [2.24, 2.45) is 0 Å². The van der Waals surface area contributed by atoms with Gasteiger partial charge in [-0.05, 0) is 30.3 Å². The lowest BCUT2D eigenvalue weighted by Gasteiger charge is -2.06. The van der Waals surface area contributed by atoms with Gasteiger partial charge in [-0.2, -0.15) is 5.10 Å². The van der Waals surface area contributed by atoms with E-state index in [0.717, 1.165) is 11.1 Å². The smallest absolute Gasteiger partial charge is 0.183 e. The van der Waals surface area contributed by atoms with Gasteiger partial charge in [0.05, 0.1) is 12.7 Å². The molecule has 6 nitrogen and oxygen atoms in total. The number of pyridine rings is 1. The monoisotopic (exact) mass is 267 g/mol. The highest BCUT2D eigenvalue weighted by molar-refractivity contribution is 5.70. The van der Waals surface area contributed by atoms with Crippen LogP contribution in [0.3, 0.4) is 0 Å². The van der Waals surface area contributed by atoms with Crippen molar-refractivity contribution in [2.75, 3.05) is 12.8 Å². The zero-order valence-electron chi connectivity index (χ0n) is 10.9. The third kappa shape index (κ3) is 2.18. The maximum atomic E-state index is 5.81. The third-order valence-electron chi connectivity index (χ3n) is 2.88. The summed E-state index contributed by atoms with van der Waals surface area (Å²) in [4.78, 5) is 8.51. The van der Waals surface area contributed by atoms with Crippen LogP contribution >= 0.6 is 0 Å². The summed E-state index contributed by atoms with van der Waals surface area (Å²) < 4.78 is 5.31. The summed E-state index contributed by atoms with van der Waals surface area (Å²) in [6.07, 6.45) is 3.42. The molecule has 3 aromatic rings. The molecule has 0 spiro atoms. The van der Waals surface area contributed by atoms with E-state index < -0.39 is 0 Å². The molecule has 0 aliphatic carbocycles. The third-order valence-corrected chi connectivity index (χ3v) is 2.88. The Morgan fingerprint density at radius 2 is 2.15 bits per heavy atom. The van der Waals surface area contributed by atoms with E-state index in [2.05, 4.69) is 20.2 Å². The minimum Gasteiger partial charge on any atom is -0.496 e. The van der Waals surface area contributed by atoms with Gasteiger partial charge in [-0.3, -0.25) is 10.1 Å². The molecule has 0 radical (unpaired) electrons. The number of hydrogen-bond acceptors (Lipinski definition) is 5. The molecule has 0 atom stereocenters. The molecule has 20 heavy (non-hydrogen) atoms. The van der Waals surface area contributed by atoms with Crippen LogP contribution in [0, 0.1) is 0 Å². The average Bonchev–Trinajstić information content (AvgIpc) is 2.98. The summed E-state index contributed by atoms with van der Waals surface area (Å²) in [6.45, 7) is 0. The highest BCUT2D eigenvalue weighted by Crippen LogP contribution is 2.30. The molecule has 0 saturated heterocycles. The SMILES string of the molecule is COc1ccc(N)cc1-c1nc(-c2cccnc2)n[nH]1. The molecule has 0 saturated carbocycles. The first-order valence-electron chi connectivity index (χ1n) is 6.04. The Labute approximate surface area is 115 Å². The number of ether oxygens (including phenoxy) is 1. The van der Waals surface area contributed by atoms with Crippen molar-refractivity contribution in [3.8, 4) is 28.5 Å². The van der Waals surface area contributed by atoms with Gasteiger partial charge in [0.15, 0.2) is 11.6 Å². The Morgan fingerprint density at radius 3 is 2.90 bits per heavy atom. The maximum absolute atomic E-state index is 5.81. The first kappa shape index (κ1) is 12.2. The molecule has 0 bridgehead atoms. The van der Waals surface area contributed by atoms with Gasteiger partial charge >= 0.3 is 0 Å². The second-order valence-corrected chi connectivity index (χ2v) is 4.21. The van der Waals surface area contributed by atoms with Crippen molar-refractivity contribution in [1.29, 1.82) is 0 Å². The molecule has 3 N–H and O–H groups in total. The van der Waals surface area contributed by atoms with E-state index in [0.29, 0.717) is 23.1 Å². The highest BCUT2D eigenvalue weighted by Gasteiger charge is 2.12. The lowest BCUT2D eigenvalue weighted by atomic mass is 10.1. The molecule has 2 heterocycles. The van der Waals surface area contributed by atoms with Crippen LogP contribution in [0.5, 0.6) is 5.75 Å². The molecule has 2 aromatic heterocycles. The summed E-state index contributed by atoms with van der Waals surface area (Å²) in [5, 5.41) is 7.09. The predicted octanol–water partition coefficient (Wildman–Crippen LogP) is 2.12. The van der Waals surface area contributed by atoms with Crippen LogP contribution in [0.15, 0.2) is 42.7 Å². The largest absolute Gasteiger partial charge is 0.496 e. The molecule has 0 aliphatic rings. The zero-order chi connectivity index (χ0) is 13.9. The van der Waals surface area contributed by atoms with E-state index in [1.165, 1.54) is 0 Å². The molecule has 0 amide bonds. The number of nitrogens with two attached hydrogens (primary N) is 1. The number of aromatic amines is 1. The molecule has 1 aromatic carbocycles. The van der Waals surface area contributed by atoms with Crippen LogP contribution in [-0.2, 0) is 0 Å². The molecule has 0 unspecified atom stereocenters. The summed E-state index contributed by atoms with van der Waals surface area (Å²) in [7, 11) is 1.60. The van der Waals surface area contributed by atoms with Crippen LogP contribution in [0.2, 0.25) is 0 Å².